The number of aromatic amines is 1. The molecule has 6 nitrogen and oxygen atoms in total. The van der Waals surface area contributed by atoms with Crippen molar-refractivity contribution in [2.24, 2.45) is 0 Å². The van der Waals surface area contributed by atoms with Crippen molar-refractivity contribution in [3.63, 3.8) is 0 Å². The first kappa shape index (κ1) is 16.8. The van der Waals surface area contributed by atoms with Crippen LogP contribution in [0.4, 0.5) is 0 Å². The molecule has 0 aliphatic carbocycles. The van der Waals surface area contributed by atoms with E-state index in [-0.39, 0.29) is 11.9 Å². The van der Waals surface area contributed by atoms with Gasteiger partial charge in [0.05, 0.1) is 29.7 Å². The van der Waals surface area contributed by atoms with Crippen molar-refractivity contribution in [1.82, 2.24) is 20.2 Å². The van der Waals surface area contributed by atoms with Crippen LogP contribution in [0.5, 0.6) is 0 Å². The second-order valence-corrected chi connectivity index (χ2v) is 6.74. The molecule has 134 valence electrons. The highest BCUT2D eigenvalue weighted by molar-refractivity contribution is 5.94. The molecule has 26 heavy (non-hydrogen) atoms. The summed E-state index contributed by atoms with van der Waals surface area (Å²) in [5, 5.41) is 13.4. The molecule has 0 unspecified atom stereocenters. The molecular weight excluding hydrogens is 328 g/mol. The molecular formula is C20H22N4O2. The van der Waals surface area contributed by atoms with Crippen molar-refractivity contribution in [3.05, 3.63) is 66.0 Å². The summed E-state index contributed by atoms with van der Waals surface area (Å²) >= 11 is 0. The predicted molar refractivity (Wildman–Crippen MR) is 99.7 cm³/mol. The fourth-order valence-corrected chi connectivity index (χ4v) is 3.44. The molecule has 1 aliphatic heterocycles. The van der Waals surface area contributed by atoms with Gasteiger partial charge in [-0.05, 0) is 30.7 Å². The lowest BCUT2D eigenvalue weighted by atomic mass is 10.0. The third-order valence-electron chi connectivity index (χ3n) is 4.83. The van der Waals surface area contributed by atoms with Crippen LogP contribution in [-0.4, -0.2) is 51.1 Å². The first-order valence-corrected chi connectivity index (χ1v) is 8.89. The van der Waals surface area contributed by atoms with E-state index in [0.717, 1.165) is 23.4 Å². The molecule has 3 N–H and O–H groups in total. The smallest absolute Gasteiger partial charge is 0.251 e. The molecule has 1 aliphatic rings. The maximum absolute atomic E-state index is 12.3. The zero-order chi connectivity index (χ0) is 17.9. The van der Waals surface area contributed by atoms with Gasteiger partial charge in [-0.2, -0.15) is 0 Å². The van der Waals surface area contributed by atoms with Crippen LogP contribution in [0, 0.1) is 0 Å². The number of β-amino-alcohol motifs (C(OH)–C–C–N with tert-alkyl or cyclic N) is 1. The summed E-state index contributed by atoms with van der Waals surface area (Å²) < 4.78 is 0. The Morgan fingerprint density at radius 2 is 1.96 bits per heavy atom. The summed E-state index contributed by atoms with van der Waals surface area (Å²) in [4.78, 5) is 22.3. The number of benzene rings is 2. The van der Waals surface area contributed by atoms with Gasteiger partial charge in [-0.1, -0.05) is 30.3 Å². The number of carbonyl (C=O) groups is 1. The normalized spacial score (nSPS) is 21.0. The van der Waals surface area contributed by atoms with Crippen LogP contribution in [0.15, 0.2) is 54.6 Å². The molecule has 2 aromatic carbocycles. The van der Waals surface area contributed by atoms with E-state index in [0.29, 0.717) is 25.1 Å². The van der Waals surface area contributed by atoms with Crippen molar-refractivity contribution in [3.8, 4) is 0 Å². The zero-order valence-corrected chi connectivity index (χ0v) is 14.4. The predicted octanol–water partition coefficient (Wildman–Crippen LogP) is 1.93. The number of para-hydroxylation sites is 2. The third-order valence-corrected chi connectivity index (χ3v) is 4.83. The van der Waals surface area contributed by atoms with Gasteiger partial charge in [0.15, 0.2) is 0 Å². The van der Waals surface area contributed by atoms with E-state index < -0.39 is 6.10 Å². The number of hydrogen-bond acceptors (Lipinski definition) is 4. The van der Waals surface area contributed by atoms with Crippen molar-refractivity contribution in [2.75, 3.05) is 13.1 Å². The van der Waals surface area contributed by atoms with Gasteiger partial charge in [-0.25, -0.2) is 4.98 Å². The Labute approximate surface area is 151 Å². The highest BCUT2D eigenvalue weighted by atomic mass is 16.3. The first-order valence-electron chi connectivity index (χ1n) is 8.89. The quantitative estimate of drug-likeness (QED) is 0.672. The molecule has 2 atom stereocenters. The summed E-state index contributed by atoms with van der Waals surface area (Å²) in [5.41, 5.74) is 2.59. The minimum atomic E-state index is -0.596. The van der Waals surface area contributed by atoms with E-state index in [9.17, 15) is 9.90 Å². The number of hydrogen-bond donors (Lipinski definition) is 3. The largest absolute Gasteiger partial charge is 0.390 e. The topological polar surface area (TPSA) is 81.2 Å². The lowest BCUT2D eigenvalue weighted by Crippen LogP contribution is -2.53. The Morgan fingerprint density at radius 1 is 1.19 bits per heavy atom. The van der Waals surface area contributed by atoms with Gasteiger partial charge in [0.25, 0.3) is 5.91 Å². The highest BCUT2D eigenvalue weighted by Crippen LogP contribution is 2.16. The zero-order valence-electron chi connectivity index (χ0n) is 14.4. The van der Waals surface area contributed by atoms with Crippen molar-refractivity contribution in [2.45, 2.75) is 25.1 Å². The van der Waals surface area contributed by atoms with E-state index in [1.54, 1.807) is 12.1 Å². The van der Waals surface area contributed by atoms with E-state index in [1.807, 2.05) is 42.5 Å². The number of fused-ring (bicyclic) bond motifs is 1. The molecule has 0 radical (unpaired) electrons. The standard InChI is InChI=1S/C20H22N4O2/c25-18-12-24(13-19-21-15-8-4-5-9-16(15)22-19)11-10-17(18)23-20(26)14-6-2-1-3-7-14/h1-9,17-18,25H,10-13H2,(H,21,22)(H,23,26)/t17-,18-/m1/s1. The summed E-state index contributed by atoms with van der Waals surface area (Å²) in [6.07, 6.45) is 0.112. The number of likely N-dealkylation sites (tertiary alicyclic amines) is 1. The fourth-order valence-electron chi connectivity index (χ4n) is 3.44. The van der Waals surface area contributed by atoms with Gasteiger partial charge in [-0.15, -0.1) is 0 Å². The molecule has 4 rings (SSSR count). The summed E-state index contributed by atoms with van der Waals surface area (Å²) in [7, 11) is 0. The number of aliphatic hydroxyl groups excluding tert-OH is 1. The maximum Gasteiger partial charge on any atom is 0.251 e. The SMILES string of the molecule is O=C(N[C@@H]1CCN(Cc2nc3ccccc3[nH]2)C[C@H]1O)c1ccccc1. The molecule has 0 bridgehead atoms. The number of carbonyl (C=O) groups excluding carboxylic acids is 1. The summed E-state index contributed by atoms with van der Waals surface area (Å²) in [5.74, 6) is 0.755. The van der Waals surface area contributed by atoms with Crippen molar-refractivity contribution >= 4 is 16.9 Å². The molecule has 1 saturated heterocycles. The minimum absolute atomic E-state index is 0.139. The average molecular weight is 350 g/mol. The van der Waals surface area contributed by atoms with Crippen LogP contribution in [-0.2, 0) is 6.54 Å². The van der Waals surface area contributed by atoms with E-state index in [1.165, 1.54) is 0 Å². The van der Waals surface area contributed by atoms with Gasteiger partial charge >= 0.3 is 0 Å². The molecule has 3 aromatic rings. The third kappa shape index (κ3) is 3.61. The number of H-pyrrole nitrogens is 1. The minimum Gasteiger partial charge on any atom is -0.390 e. The van der Waals surface area contributed by atoms with Crippen molar-refractivity contribution < 1.29 is 9.90 Å². The Bertz CT molecular complexity index is 860. The van der Waals surface area contributed by atoms with Gasteiger partial charge in [0.1, 0.15) is 5.82 Å². The number of piperidine rings is 1. The molecule has 1 fully saturated rings. The highest BCUT2D eigenvalue weighted by Gasteiger charge is 2.29. The Hall–Kier alpha value is -2.70. The average Bonchev–Trinajstić information content (AvgIpc) is 3.07. The molecule has 1 aromatic heterocycles. The Kier molecular flexibility index (Phi) is 4.69. The van der Waals surface area contributed by atoms with E-state index in [4.69, 9.17) is 0 Å². The summed E-state index contributed by atoms with van der Waals surface area (Å²) in [6.45, 7) is 1.97. The molecule has 1 amide bonds. The van der Waals surface area contributed by atoms with Crippen LogP contribution < -0.4 is 5.32 Å². The number of imidazole rings is 1. The van der Waals surface area contributed by atoms with Crippen LogP contribution in [0.25, 0.3) is 11.0 Å². The Morgan fingerprint density at radius 3 is 2.73 bits per heavy atom. The number of aromatic nitrogens is 2. The summed E-state index contributed by atoms with van der Waals surface area (Å²) in [6, 6.07) is 16.8. The van der Waals surface area contributed by atoms with Crippen molar-refractivity contribution in [1.29, 1.82) is 0 Å². The number of amides is 1. The molecule has 6 heteroatoms. The van der Waals surface area contributed by atoms with Gasteiger partial charge in [-0.3, -0.25) is 9.69 Å². The fraction of sp³-hybridized carbons (Fsp3) is 0.300. The van der Waals surface area contributed by atoms with Crippen LogP contribution in [0.3, 0.4) is 0 Å². The number of rotatable bonds is 4. The van der Waals surface area contributed by atoms with Crippen LogP contribution >= 0.6 is 0 Å². The lowest BCUT2D eigenvalue weighted by molar-refractivity contribution is 0.0341. The van der Waals surface area contributed by atoms with Gasteiger partial charge < -0.3 is 15.4 Å². The second-order valence-electron chi connectivity index (χ2n) is 6.74. The number of nitrogens with zero attached hydrogens (tertiary/aromatic N) is 2. The lowest BCUT2D eigenvalue weighted by Gasteiger charge is -2.35. The van der Waals surface area contributed by atoms with E-state index >= 15 is 0 Å². The van der Waals surface area contributed by atoms with E-state index in [2.05, 4.69) is 20.2 Å². The van der Waals surface area contributed by atoms with Crippen LogP contribution in [0.2, 0.25) is 0 Å². The van der Waals surface area contributed by atoms with Gasteiger partial charge in [0.2, 0.25) is 0 Å². The van der Waals surface area contributed by atoms with Gasteiger partial charge in [0, 0.05) is 18.7 Å². The number of aliphatic hydroxyl groups is 1. The first-order chi connectivity index (χ1) is 12.7. The molecule has 0 saturated carbocycles. The number of nitrogens with one attached hydrogen (secondary N) is 2. The second kappa shape index (κ2) is 7.27. The monoisotopic (exact) mass is 350 g/mol. The maximum atomic E-state index is 12.3. The van der Waals surface area contributed by atoms with Crippen LogP contribution in [0.1, 0.15) is 22.6 Å². The molecule has 0 spiro atoms. The Balaban J connectivity index is 1.35. The molecule has 2 heterocycles.